The van der Waals surface area contributed by atoms with Gasteiger partial charge in [0.2, 0.25) is 0 Å². The normalized spacial score (nSPS) is 33.0. The lowest BCUT2D eigenvalue weighted by molar-refractivity contribution is -0.689. The van der Waals surface area contributed by atoms with Crippen molar-refractivity contribution < 1.29 is 5.32 Å². The third kappa shape index (κ3) is 1.45. The van der Waals surface area contributed by atoms with E-state index in [9.17, 15) is 0 Å². The van der Waals surface area contributed by atoms with Crippen LogP contribution in [0.2, 0.25) is 0 Å². The monoisotopic (exact) mass is 101 g/mol. The number of piperazine rings is 1. The van der Waals surface area contributed by atoms with Gasteiger partial charge in [0.15, 0.2) is 0 Å². The van der Waals surface area contributed by atoms with E-state index in [1.807, 2.05) is 0 Å². The average Bonchev–Trinajstić information content (AvgIpc) is 1.69. The molecule has 0 aromatic heterocycles. The summed E-state index contributed by atoms with van der Waals surface area (Å²) in [4.78, 5) is 0. The highest BCUT2D eigenvalue weighted by Gasteiger charge is 2.07. The molecule has 1 saturated heterocycles. The zero-order valence-corrected chi connectivity index (χ0v) is 4.78. The highest BCUT2D eigenvalue weighted by atomic mass is 15.0. The lowest BCUT2D eigenvalue weighted by Crippen LogP contribution is -2.94. The van der Waals surface area contributed by atoms with Crippen LogP contribution in [0.1, 0.15) is 6.92 Å². The van der Waals surface area contributed by atoms with E-state index in [2.05, 4.69) is 17.6 Å². The number of hydrogen-bond donors (Lipinski definition) is 2. The maximum absolute atomic E-state index is 3.30. The van der Waals surface area contributed by atoms with Crippen LogP contribution in [0.5, 0.6) is 0 Å². The lowest BCUT2D eigenvalue weighted by Gasteiger charge is -2.16. The molecule has 0 unspecified atom stereocenters. The van der Waals surface area contributed by atoms with Crippen molar-refractivity contribution in [3.8, 4) is 0 Å². The largest absolute Gasteiger partial charge is 0.342 e. The second-order valence-electron chi connectivity index (χ2n) is 2.21. The quantitative estimate of drug-likeness (QED) is 0.383. The molecule has 1 aliphatic rings. The van der Waals surface area contributed by atoms with Crippen LogP contribution < -0.4 is 10.6 Å². The van der Waals surface area contributed by atoms with Crippen LogP contribution in [-0.4, -0.2) is 25.7 Å². The summed E-state index contributed by atoms with van der Waals surface area (Å²) in [5, 5.41) is 5.67. The molecule has 0 spiro atoms. The first-order chi connectivity index (χ1) is 3.39. The van der Waals surface area contributed by atoms with Gasteiger partial charge in [-0.15, -0.1) is 0 Å². The molecular weight excluding hydrogens is 88.1 g/mol. The van der Waals surface area contributed by atoms with Crippen molar-refractivity contribution in [2.75, 3.05) is 19.6 Å². The zero-order valence-electron chi connectivity index (χ0n) is 4.78. The van der Waals surface area contributed by atoms with Crippen molar-refractivity contribution in [3.63, 3.8) is 0 Å². The van der Waals surface area contributed by atoms with Crippen molar-refractivity contribution >= 4 is 0 Å². The summed E-state index contributed by atoms with van der Waals surface area (Å²) in [6, 6.07) is 0.800. The molecule has 2 nitrogen and oxygen atoms in total. The van der Waals surface area contributed by atoms with Crippen molar-refractivity contribution in [2.45, 2.75) is 13.0 Å². The number of nitrogens with two attached hydrogens (primary N) is 1. The van der Waals surface area contributed by atoms with Crippen LogP contribution in [0.4, 0.5) is 0 Å². The summed E-state index contributed by atoms with van der Waals surface area (Å²) in [7, 11) is 0. The molecule has 0 saturated carbocycles. The van der Waals surface area contributed by atoms with E-state index in [1.165, 1.54) is 19.6 Å². The summed E-state index contributed by atoms with van der Waals surface area (Å²) in [6.45, 7) is 5.86. The molecular formula is C5H13N2+. The molecule has 1 fully saturated rings. The number of hydrogen-bond acceptors (Lipinski definition) is 1. The molecule has 42 valence electrons. The Kier molecular flexibility index (Phi) is 1.65. The first-order valence-corrected chi connectivity index (χ1v) is 2.93. The molecule has 0 aromatic rings. The highest BCUT2D eigenvalue weighted by molar-refractivity contribution is 4.55. The molecule has 0 aromatic carbocycles. The van der Waals surface area contributed by atoms with Crippen molar-refractivity contribution in [2.24, 2.45) is 0 Å². The lowest BCUT2D eigenvalue weighted by atomic mass is 10.3. The fraction of sp³-hybridized carbons (Fsp3) is 1.00. The van der Waals surface area contributed by atoms with Gasteiger partial charge in [-0.3, -0.25) is 0 Å². The van der Waals surface area contributed by atoms with E-state index < -0.39 is 0 Å². The number of nitrogens with one attached hydrogen (secondary N) is 1. The summed E-state index contributed by atoms with van der Waals surface area (Å²) in [6.07, 6.45) is 0. The Hall–Kier alpha value is -0.0800. The minimum Gasteiger partial charge on any atom is -0.342 e. The Morgan fingerprint density at radius 3 is 2.86 bits per heavy atom. The summed E-state index contributed by atoms with van der Waals surface area (Å²) < 4.78 is 0. The standard InChI is InChI=1S/C5H12N2/c1-5-4-6-2-3-7-5/h5-7H,2-4H2,1H3/p+1/t5-/m0/s1. The predicted octanol–water partition coefficient (Wildman–Crippen LogP) is -1.46. The Balaban J connectivity index is 2.12. The molecule has 7 heavy (non-hydrogen) atoms. The van der Waals surface area contributed by atoms with Crippen LogP contribution in [0.3, 0.4) is 0 Å². The van der Waals surface area contributed by atoms with Crippen LogP contribution in [-0.2, 0) is 0 Å². The van der Waals surface area contributed by atoms with E-state index in [1.54, 1.807) is 0 Å². The number of rotatable bonds is 0. The molecule has 0 aliphatic carbocycles. The predicted molar refractivity (Wildman–Crippen MR) is 29.1 cm³/mol. The van der Waals surface area contributed by atoms with Gasteiger partial charge in [-0.2, -0.15) is 0 Å². The molecule has 1 atom stereocenters. The van der Waals surface area contributed by atoms with Crippen molar-refractivity contribution in [1.82, 2.24) is 5.32 Å². The fourth-order valence-electron chi connectivity index (χ4n) is 0.883. The van der Waals surface area contributed by atoms with Gasteiger partial charge < -0.3 is 10.6 Å². The minimum absolute atomic E-state index is 0.800. The van der Waals surface area contributed by atoms with E-state index in [0.29, 0.717) is 0 Å². The smallest absolute Gasteiger partial charge is 0.0957 e. The third-order valence-electron chi connectivity index (χ3n) is 1.36. The molecule has 3 N–H and O–H groups in total. The zero-order chi connectivity index (χ0) is 5.11. The Bertz CT molecular complexity index is 48.0. The topological polar surface area (TPSA) is 28.6 Å². The second-order valence-corrected chi connectivity index (χ2v) is 2.21. The van der Waals surface area contributed by atoms with Gasteiger partial charge >= 0.3 is 0 Å². The Morgan fingerprint density at radius 1 is 1.71 bits per heavy atom. The average molecular weight is 101 g/mol. The van der Waals surface area contributed by atoms with Gasteiger partial charge in [0.05, 0.1) is 12.6 Å². The summed E-state index contributed by atoms with van der Waals surface area (Å²) in [5.41, 5.74) is 0. The molecule has 2 heteroatoms. The maximum Gasteiger partial charge on any atom is 0.0957 e. The van der Waals surface area contributed by atoms with Crippen LogP contribution in [0.25, 0.3) is 0 Å². The number of quaternary nitrogens is 1. The van der Waals surface area contributed by atoms with Crippen LogP contribution in [0.15, 0.2) is 0 Å². The molecule has 1 heterocycles. The molecule has 0 bridgehead atoms. The first-order valence-electron chi connectivity index (χ1n) is 2.93. The maximum atomic E-state index is 3.30. The molecule has 0 amide bonds. The first kappa shape index (κ1) is 5.06. The highest BCUT2D eigenvalue weighted by Crippen LogP contribution is 1.70. The SMILES string of the molecule is C[C@H]1CNCC[NH2+]1. The van der Waals surface area contributed by atoms with Crippen LogP contribution >= 0.6 is 0 Å². The summed E-state index contributed by atoms with van der Waals surface area (Å²) >= 11 is 0. The fourth-order valence-corrected chi connectivity index (χ4v) is 0.883. The van der Waals surface area contributed by atoms with Gasteiger partial charge in [-0.25, -0.2) is 0 Å². The van der Waals surface area contributed by atoms with E-state index in [4.69, 9.17) is 0 Å². The molecule has 0 radical (unpaired) electrons. The van der Waals surface area contributed by atoms with Crippen molar-refractivity contribution in [3.05, 3.63) is 0 Å². The third-order valence-corrected chi connectivity index (χ3v) is 1.36. The molecule has 1 rings (SSSR count). The van der Waals surface area contributed by atoms with Gasteiger partial charge in [-0.1, -0.05) is 0 Å². The van der Waals surface area contributed by atoms with E-state index >= 15 is 0 Å². The van der Waals surface area contributed by atoms with Gasteiger partial charge in [0, 0.05) is 13.1 Å². The Morgan fingerprint density at radius 2 is 2.57 bits per heavy atom. The molecule has 1 aliphatic heterocycles. The summed E-state index contributed by atoms with van der Waals surface area (Å²) in [5.74, 6) is 0. The van der Waals surface area contributed by atoms with E-state index in [-0.39, 0.29) is 0 Å². The Labute approximate surface area is 44.3 Å². The minimum atomic E-state index is 0.800. The van der Waals surface area contributed by atoms with E-state index in [0.717, 1.165) is 6.04 Å². The van der Waals surface area contributed by atoms with Gasteiger partial charge in [0.25, 0.3) is 0 Å². The van der Waals surface area contributed by atoms with Crippen LogP contribution in [0, 0.1) is 0 Å². The van der Waals surface area contributed by atoms with Gasteiger partial charge in [-0.05, 0) is 6.92 Å². The second kappa shape index (κ2) is 2.28. The van der Waals surface area contributed by atoms with Gasteiger partial charge in [0.1, 0.15) is 0 Å². The van der Waals surface area contributed by atoms with Crippen molar-refractivity contribution in [1.29, 1.82) is 0 Å².